The summed E-state index contributed by atoms with van der Waals surface area (Å²) in [5.74, 6) is 0.878. The zero-order valence-corrected chi connectivity index (χ0v) is 10.8. The molecule has 0 amide bonds. The molecule has 2 N–H and O–H groups in total. The molecule has 0 unspecified atom stereocenters. The van der Waals surface area contributed by atoms with Crippen molar-refractivity contribution in [3.05, 3.63) is 35.9 Å². The summed E-state index contributed by atoms with van der Waals surface area (Å²) in [4.78, 5) is 0. The van der Waals surface area contributed by atoms with Gasteiger partial charge in [0.1, 0.15) is 0 Å². The van der Waals surface area contributed by atoms with Gasteiger partial charge < -0.3 is 10.6 Å². The van der Waals surface area contributed by atoms with Crippen molar-refractivity contribution in [2.45, 2.75) is 38.3 Å². The standard InChI is InChI=1S/C15H24N2/c1-16-15-9-7-14(8-10-15)12-17-11-13-5-3-2-4-6-13/h2-6,14-17H,7-12H2,1H3. The van der Waals surface area contributed by atoms with Crippen molar-refractivity contribution in [3.63, 3.8) is 0 Å². The second-order valence-corrected chi connectivity index (χ2v) is 5.12. The predicted octanol–water partition coefficient (Wildman–Crippen LogP) is 2.55. The Labute approximate surface area is 105 Å². The number of hydrogen-bond donors (Lipinski definition) is 2. The molecule has 1 aromatic rings. The largest absolute Gasteiger partial charge is 0.317 e. The smallest absolute Gasteiger partial charge is 0.0205 e. The van der Waals surface area contributed by atoms with E-state index in [0.29, 0.717) is 0 Å². The van der Waals surface area contributed by atoms with Gasteiger partial charge in [0.2, 0.25) is 0 Å². The molecule has 1 aliphatic rings. The van der Waals surface area contributed by atoms with Gasteiger partial charge >= 0.3 is 0 Å². The van der Waals surface area contributed by atoms with Crippen LogP contribution in [0.15, 0.2) is 30.3 Å². The highest BCUT2D eigenvalue weighted by molar-refractivity contribution is 5.14. The normalized spacial score (nSPS) is 24.8. The van der Waals surface area contributed by atoms with Crippen molar-refractivity contribution in [1.82, 2.24) is 10.6 Å². The van der Waals surface area contributed by atoms with Crippen LogP contribution in [0.4, 0.5) is 0 Å². The van der Waals surface area contributed by atoms with Crippen molar-refractivity contribution in [3.8, 4) is 0 Å². The van der Waals surface area contributed by atoms with Crippen LogP contribution in [0.2, 0.25) is 0 Å². The molecule has 0 heterocycles. The first-order valence-electron chi connectivity index (χ1n) is 6.80. The van der Waals surface area contributed by atoms with Crippen molar-refractivity contribution < 1.29 is 0 Å². The van der Waals surface area contributed by atoms with E-state index in [1.807, 2.05) is 0 Å². The zero-order chi connectivity index (χ0) is 11.9. The maximum absolute atomic E-state index is 3.58. The highest BCUT2D eigenvalue weighted by atomic mass is 14.9. The first-order valence-corrected chi connectivity index (χ1v) is 6.80. The van der Waals surface area contributed by atoms with Gasteiger partial charge in [0.25, 0.3) is 0 Å². The molecule has 0 aliphatic heterocycles. The zero-order valence-electron chi connectivity index (χ0n) is 10.8. The summed E-state index contributed by atoms with van der Waals surface area (Å²) in [7, 11) is 2.08. The summed E-state index contributed by atoms with van der Waals surface area (Å²) >= 11 is 0. The summed E-state index contributed by atoms with van der Waals surface area (Å²) in [5, 5.41) is 6.97. The van der Waals surface area contributed by atoms with Gasteiger partial charge in [-0.05, 0) is 50.8 Å². The Hall–Kier alpha value is -0.860. The van der Waals surface area contributed by atoms with Crippen LogP contribution < -0.4 is 10.6 Å². The van der Waals surface area contributed by atoms with Gasteiger partial charge in [0.05, 0.1) is 0 Å². The van der Waals surface area contributed by atoms with Crippen LogP contribution in [0.5, 0.6) is 0 Å². The predicted molar refractivity (Wildman–Crippen MR) is 73.0 cm³/mol. The molecule has 0 radical (unpaired) electrons. The van der Waals surface area contributed by atoms with Crippen LogP contribution in [0.25, 0.3) is 0 Å². The lowest BCUT2D eigenvalue weighted by atomic mass is 9.86. The van der Waals surface area contributed by atoms with Gasteiger partial charge in [0, 0.05) is 12.6 Å². The Bertz CT molecular complexity index is 302. The van der Waals surface area contributed by atoms with E-state index in [4.69, 9.17) is 0 Å². The van der Waals surface area contributed by atoms with Crippen molar-refractivity contribution in [1.29, 1.82) is 0 Å². The Morgan fingerprint density at radius 1 is 1.06 bits per heavy atom. The molecule has 1 fully saturated rings. The van der Waals surface area contributed by atoms with Gasteiger partial charge in [-0.2, -0.15) is 0 Å². The molecular weight excluding hydrogens is 208 g/mol. The monoisotopic (exact) mass is 232 g/mol. The van der Waals surface area contributed by atoms with E-state index in [-0.39, 0.29) is 0 Å². The van der Waals surface area contributed by atoms with E-state index in [9.17, 15) is 0 Å². The van der Waals surface area contributed by atoms with E-state index < -0.39 is 0 Å². The Balaban J connectivity index is 1.63. The Kier molecular flexibility index (Phi) is 5.02. The Morgan fingerprint density at radius 2 is 1.76 bits per heavy atom. The minimum Gasteiger partial charge on any atom is -0.317 e. The molecule has 1 aliphatic carbocycles. The van der Waals surface area contributed by atoms with Crippen LogP contribution in [0.3, 0.4) is 0 Å². The molecule has 2 heteroatoms. The van der Waals surface area contributed by atoms with E-state index in [0.717, 1.165) is 18.5 Å². The lowest BCUT2D eigenvalue weighted by Crippen LogP contribution is -2.33. The summed E-state index contributed by atoms with van der Waals surface area (Å²) in [6, 6.07) is 11.4. The third kappa shape index (κ3) is 4.14. The highest BCUT2D eigenvalue weighted by Crippen LogP contribution is 2.23. The fraction of sp³-hybridized carbons (Fsp3) is 0.600. The second kappa shape index (κ2) is 6.77. The first-order chi connectivity index (χ1) is 8.38. The summed E-state index contributed by atoms with van der Waals surface area (Å²) in [6.07, 6.45) is 5.42. The molecule has 0 bridgehead atoms. The van der Waals surface area contributed by atoms with Gasteiger partial charge in [-0.1, -0.05) is 30.3 Å². The number of rotatable bonds is 5. The molecule has 0 atom stereocenters. The maximum atomic E-state index is 3.58. The molecule has 2 rings (SSSR count). The topological polar surface area (TPSA) is 24.1 Å². The molecule has 0 saturated heterocycles. The van der Waals surface area contributed by atoms with Gasteiger partial charge in [-0.3, -0.25) is 0 Å². The molecule has 2 nitrogen and oxygen atoms in total. The number of hydrogen-bond acceptors (Lipinski definition) is 2. The second-order valence-electron chi connectivity index (χ2n) is 5.12. The Morgan fingerprint density at radius 3 is 2.41 bits per heavy atom. The number of benzene rings is 1. The van der Waals surface area contributed by atoms with Crippen LogP contribution in [0, 0.1) is 5.92 Å². The van der Waals surface area contributed by atoms with Crippen molar-refractivity contribution in [2.75, 3.05) is 13.6 Å². The lowest BCUT2D eigenvalue weighted by Gasteiger charge is -2.28. The molecule has 94 valence electrons. The van der Waals surface area contributed by atoms with E-state index in [1.54, 1.807) is 0 Å². The first kappa shape index (κ1) is 12.6. The van der Waals surface area contributed by atoms with Crippen LogP contribution in [-0.2, 0) is 6.54 Å². The minimum atomic E-state index is 0.764. The molecule has 0 spiro atoms. The molecule has 17 heavy (non-hydrogen) atoms. The fourth-order valence-corrected chi connectivity index (χ4v) is 2.67. The SMILES string of the molecule is CNC1CCC(CNCc2ccccc2)CC1. The van der Waals surface area contributed by atoms with E-state index >= 15 is 0 Å². The van der Waals surface area contributed by atoms with E-state index in [1.165, 1.54) is 37.8 Å². The van der Waals surface area contributed by atoms with Crippen LogP contribution >= 0.6 is 0 Å². The van der Waals surface area contributed by atoms with Gasteiger partial charge in [0.15, 0.2) is 0 Å². The average Bonchev–Trinajstić information content (AvgIpc) is 2.41. The summed E-state index contributed by atoms with van der Waals surface area (Å²) in [5.41, 5.74) is 1.39. The maximum Gasteiger partial charge on any atom is 0.0205 e. The minimum absolute atomic E-state index is 0.764. The van der Waals surface area contributed by atoms with E-state index in [2.05, 4.69) is 48.0 Å². The number of nitrogens with one attached hydrogen (secondary N) is 2. The third-order valence-corrected chi connectivity index (χ3v) is 3.86. The highest BCUT2D eigenvalue weighted by Gasteiger charge is 2.19. The summed E-state index contributed by atoms with van der Waals surface area (Å²) < 4.78 is 0. The molecule has 0 aromatic heterocycles. The lowest BCUT2D eigenvalue weighted by molar-refractivity contribution is 0.292. The quantitative estimate of drug-likeness (QED) is 0.815. The van der Waals surface area contributed by atoms with Crippen molar-refractivity contribution in [2.24, 2.45) is 5.92 Å². The molecule has 1 aromatic carbocycles. The van der Waals surface area contributed by atoms with Gasteiger partial charge in [-0.15, -0.1) is 0 Å². The van der Waals surface area contributed by atoms with Gasteiger partial charge in [-0.25, -0.2) is 0 Å². The third-order valence-electron chi connectivity index (χ3n) is 3.86. The van der Waals surface area contributed by atoms with Crippen molar-refractivity contribution >= 4 is 0 Å². The molecular formula is C15H24N2. The average molecular weight is 232 g/mol. The molecule has 1 saturated carbocycles. The van der Waals surface area contributed by atoms with Crippen LogP contribution in [-0.4, -0.2) is 19.6 Å². The summed E-state index contributed by atoms with van der Waals surface area (Å²) in [6.45, 7) is 2.18. The van der Waals surface area contributed by atoms with Crippen LogP contribution in [0.1, 0.15) is 31.2 Å². The fourth-order valence-electron chi connectivity index (χ4n) is 2.67.